The number of hydrogen-bond acceptors (Lipinski definition) is 5. The maximum Gasteiger partial charge on any atom is 0.254 e. The zero-order valence-corrected chi connectivity index (χ0v) is 15.8. The van der Waals surface area contributed by atoms with Gasteiger partial charge in [0.15, 0.2) is 11.5 Å². The average Bonchev–Trinajstić information content (AvgIpc) is 3.18. The summed E-state index contributed by atoms with van der Waals surface area (Å²) in [5.41, 5.74) is 8.15. The van der Waals surface area contributed by atoms with Crippen LogP contribution in [0.5, 0.6) is 0 Å². The molecular weight excluding hydrogens is 371 g/mol. The lowest BCUT2D eigenvalue weighted by Gasteiger charge is -2.21. The van der Waals surface area contributed by atoms with Crippen LogP contribution in [0, 0.1) is 5.82 Å². The third-order valence-corrected chi connectivity index (χ3v) is 4.62. The molecule has 146 valence electrons. The molecule has 0 aliphatic carbocycles. The number of hydrogen-bond donors (Lipinski definition) is 1. The van der Waals surface area contributed by atoms with E-state index in [4.69, 9.17) is 5.73 Å². The predicted octanol–water partition coefficient (Wildman–Crippen LogP) is 3.17. The largest absolute Gasteiger partial charge is 0.384 e. The molecule has 4 rings (SSSR count). The molecule has 7 nitrogen and oxygen atoms in total. The van der Waals surface area contributed by atoms with Crippen LogP contribution in [0.2, 0.25) is 0 Å². The molecule has 0 aliphatic rings. The first-order chi connectivity index (χ1) is 14.1. The van der Waals surface area contributed by atoms with Crippen molar-refractivity contribution >= 4 is 17.4 Å². The first-order valence-electron chi connectivity index (χ1n) is 9.16. The molecule has 0 aliphatic heterocycles. The van der Waals surface area contributed by atoms with Crippen LogP contribution in [-0.4, -0.2) is 36.9 Å². The van der Waals surface area contributed by atoms with Crippen LogP contribution in [0.3, 0.4) is 0 Å². The van der Waals surface area contributed by atoms with Crippen LogP contribution < -0.4 is 5.73 Å². The van der Waals surface area contributed by atoms with Gasteiger partial charge in [0.1, 0.15) is 11.6 Å². The van der Waals surface area contributed by atoms with Crippen molar-refractivity contribution in [3.8, 4) is 11.4 Å². The standard InChI is InChI=1S/C21H19FN6O/c1-2-27(13-15-6-3-4-8-17(15)22)21(29)16-10-18(23)28-19(11-16)25-20(26-28)14-7-5-9-24-12-14/h3-12H,2,13,23H2,1H3. The summed E-state index contributed by atoms with van der Waals surface area (Å²) in [6.45, 7) is 2.44. The predicted molar refractivity (Wildman–Crippen MR) is 107 cm³/mol. The van der Waals surface area contributed by atoms with Crippen molar-refractivity contribution in [2.24, 2.45) is 0 Å². The maximum atomic E-state index is 14.0. The Labute approximate surface area is 166 Å². The van der Waals surface area contributed by atoms with Gasteiger partial charge in [0, 0.05) is 42.2 Å². The third kappa shape index (κ3) is 3.64. The molecule has 3 aromatic heterocycles. The second kappa shape index (κ2) is 7.67. The number of nitrogens with zero attached hydrogens (tertiary/aromatic N) is 5. The SMILES string of the molecule is CCN(Cc1ccccc1F)C(=O)c1cc(N)n2nc(-c3cccnc3)nc2c1. The normalized spacial score (nSPS) is 11.0. The number of amides is 1. The Balaban J connectivity index is 1.67. The summed E-state index contributed by atoms with van der Waals surface area (Å²) in [4.78, 5) is 23.1. The smallest absolute Gasteiger partial charge is 0.254 e. The highest BCUT2D eigenvalue weighted by Gasteiger charge is 2.19. The summed E-state index contributed by atoms with van der Waals surface area (Å²) < 4.78 is 15.5. The van der Waals surface area contributed by atoms with Crippen molar-refractivity contribution in [1.82, 2.24) is 24.5 Å². The van der Waals surface area contributed by atoms with Gasteiger partial charge in [-0.2, -0.15) is 4.52 Å². The fourth-order valence-corrected chi connectivity index (χ4v) is 3.09. The Morgan fingerprint density at radius 3 is 2.76 bits per heavy atom. The second-order valence-electron chi connectivity index (χ2n) is 6.53. The second-order valence-corrected chi connectivity index (χ2v) is 6.53. The zero-order chi connectivity index (χ0) is 20.4. The van der Waals surface area contributed by atoms with E-state index in [9.17, 15) is 9.18 Å². The lowest BCUT2D eigenvalue weighted by molar-refractivity contribution is 0.0751. The third-order valence-electron chi connectivity index (χ3n) is 4.62. The summed E-state index contributed by atoms with van der Waals surface area (Å²) in [7, 11) is 0. The van der Waals surface area contributed by atoms with Crippen molar-refractivity contribution in [1.29, 1.82) is 0 Å². The zero-order valence-electron chi connectivity index (χ0n) is 15.8. The quantitative estimate of drug-likeness (QED) is 0.565. The highest BCUT2D eigenvalue weighted by Crippen LogP contribution is 2.20. The van der Waals surface area contributed by atoms with E-state index in [-0.39, 0.29) is 24.1 Å². The van der Waals surface area contributed by atoms with Gasteiger partial charge in [-0.1, -0.05) is 18.2 Å². The molecule has 1 amide bonds. The summed E-state index contributed by atoms with van der Waals surface area (Å²) >= 11 is 0. The molecular formula is C21H19FN6O. The Kier molecular flexibility index (Phi) is 4.90. The van der Waals surface area contributed by atoms with Gasteiger partial charge in [0.2, 0.25) is 0 Å². The molecule has 2 N–H and O–H groups in total. The minimum atomic E-state index is -0.340. The van der Waals surface area contributed by atoms with Gasteiger partial charge in [-0.3, -0.25) is 9.78 Å². The van der Waals surface area contributed by atoms with E-state index in [1.807, 2.05) is 13.0 Å². The molecule has 8 heteroatoms. The van der Waals surface area contributed by atoms with Gasteiger partial charge in [-0.15, -0.1) is 5.10 Å². The van der Waals surface area contributed by atoms with E-state index >= 15 is 0 Å². The molecule has 0 atom stereocenters. The number of rotatable bonds is 5. The fourth-order valence-electron chi connectivity index (χ4n) is 3.09. The monoisotopic (exact) mass is 390 g/mol. The van der Waals surface area contributed by atoms with Crippen LogP contribution in [-0.2, 0) is 6.54 Å². The van der Waals surface area contributed by atoms with E-state index in [0.717, 1.165) is 5.56 Å². The van der Waals surface area contributed by atoms with E-state index in [1.165, 1.54) is 10.6 Å². The summed E-state index contributed by atoms with van der Waals surface area (Å²) in [6, 6.07) is 13.2. The van der Waals surface area contributed by atoms with Gasteiger partial charge in [0.25, 0.3) is 5.91 Å². The minimum Gasteiger partial charge on any atom is -0.384 e. The molecule has 0 saturated heterocycles. The van der Waals surface area contributed by atoms with Crippen molar-refractivity contribution < 1.29 is 9.18 Å². The summed E-state index contributed by atoms with van der Waals surface area (Å²) in [5, 5.41) is 4.39. The van der Waals surface area contributed by atoms with Gasteiger partial charge in [0.05, 0.1) is 0 Å². The molecule has 0 spiro atoms. The number of anilines is 1. The molecule has 0 saturated carbocycles. The van der Waals surface area contributed by atoms with E-state index in [1.54, 1.807) is 53.7 Å². The number of nitrogens with two attached hydrogens (primary N) is 1. The molecule has 0 radical (unpaired) electrons. The number of nitrogen functional groups attached to an aromatic ring is 1. The van der Waals surface area contributed by atoms with Crippen LogP contribution in [0.15, 0.2) is 60.9 Å². The molecule has 0 fully saturated rings. The van der Waals surface area contributed by atoms with Crippen molar-refractivity contribution in [2.75, 3.05) is 12.3 Å². The first-order valence-corrected chi connectivity index (χ1v) is 9.16. The van der Waals surface area contributed by atoms with Crippen molar-refractivity contribution in [3.63, 3.8) is 0 Å². The van der Waals surface area contributed by atoms with Gasteiger partial charge >= 0.3 is 0 Å². The molecule has 3 heterocycles. The number of carbonyl (C=O) groups is 1. The number of fused-ring (bicyclic) bond motifs is 1. The summed E-state index contributed by atoms with van der Waals surface area (Å²) in [5.74, 6) is 0.159. The number of pyridine rings is 2. The Bertz CT molecular complexity index is 1170. The Morgan fingerprint density at radius 2 is 2.03 bits per heavy atom. The first kappa shape index (κ1) is 18.5. The molecule has 4 aromatic rings. The van der Waals surface area contributed by atoms with Gasteiger partial charge < -0.3 is 10.6 Å². The number of benzene rings is 1. The average molecular weight is 390 g/mol. The number of carbonyl (C=O) groups excluding carboxylic acids is 1. The van der Waals surface area contributed by atoms with Gasteiger partial charge in [-0.25, -0.2) is 9.37 Å². The highest BCUT2D eigenvalue weighted by molar-refractivity contribution is 5.96. The Hall–Kier alpha value is -3.81. The lowest BCUT2D eigenvalue weighted by atomic mass is 10.1. The maximum absolute atomic E-state index is 14.0. The van der Waals surface area contributed by atoms with E-state index < -0.39 is 0 Å². The van der Waals surface area contributed by atoms with Crippen molar-refractivity contribution in [2.45, 2.75) is 13.5 Å². The highest BCUT2D eigenvalue weighted by atomic mass is 19.1. The van der Waals surface area contributed by atoms with Gasteiger partial charge in [-0.05, 0) is 37.3 Å². The minimum absolute atomic E-state index is 0.167. The van der Waals surface area contributed by atoms with Crippen LogP contribution in [0.1, 0.15) is 22.8 Å². The van der Waals surface area contributed by atoms with E-state index in [2.05, 4.69) is 15.1 Å². The lowest BCUT2D eigenvalue weighted by Crippen LogP contribution is -2.30. The molecule has 29 heavy (non-hydrogen) atoms. The fraction of sp³-hybridized carbons (Fsp3) is 0.143. The van der Waals surface area contributed by atoms with Crippen LogP contribution >= 0.6 is 0 Å². The molecule has 0 bridgehead atoms. The Morgan fingerprint density at radius 1 is 1.21 bits per heavy atom. The molecule has 1 aromatic carbocycles. The number of halogens is 1. The number of aromatic nitrogens is 4. The van der Waals surface area contributed by atoms with E-state index in [0.29, 0.717) is 29.1 Å². The summed E-state index contributed by atoms with van der Waals surface area (Å²) in [6.07, 6.45) is 3.32. The molecule has 0 unspecified atom stereocenters. The van der Waals surface area contributed by atoms with Crippen molar-refractivity contribution in [3.05, 3.63) is 77.9 Å². The van der Waals surface area contributed by atoms with Crippen LogP contribution in [0.25, 0.3) is 17.0 Å². The van der Waals surface area contributed by atoms with Crippen LogP contribution in [0.4, 0.5) is 10.2 Å². The topological polar surface area (TPSA) is 89.4 Å².